The van der Waals surface area contributed by atoms with Gasteiger partial charge in [-0.2, -0.15) is 0 Å². The number of piperidine rings is 1. The third-order valence-electron chi connectivity index (χ3n) is 8.34. The Morgan fingerprint density at radius 1 is 1.06 bits per heavy atom. The Hall–Kier alpha value is -1.79. The molecule has 0 aromatic heterocycles. The lowest BCUT2D eigenvalue weighted by atomic mass is 9.78. The van der Waals surface area contributed by atoms with Crippen LogP contribution in [0.15, 0.2) is 35.6 Å². The van der Waals surface area contributed by atoms with Crippen molar-refractivity contribution in [2.45, 2.75) is 71.4 Å². The summed E-state index contributed by atoms with van der Waals surface area (Å²) >= 11 is 0. The van der Waals surface area contributed by atoms with Crippen LogP contribution in [-0.4, -0.2) is 85.3 Å². The Balaban J connectivity index is 1.43. The number of allylic oxidation sites excluding steroid dienone is 1. The lowest BCUT2D eigenvalue weighted by Crippen LogP contribution is -2.50. The van der Waals surface area contributed by atoms with Crippen LogP contribution in [0.3, 0.4) is 0 Å². The number of amides is 2. The molecule has 33 heavy (non-hydrogen) atoms. The molecule has 2 saturated heterocycles. The predicted octanol–water partition coefficient (Wildman–Crippen LogP) is 4.16. The fourth-order valence-corrected chi connectivity index (χ4v) is 5.93. The van der Waals surface area contributed by atoms with Crippen LogP contribution in [0.2, 0.25) is 0 Å². The average Bonchev–Trinajstić information content (AvgIpc) is 3.33. The molecule has 0 aromatic carbocycles. The third-order valence-corrected chi connectivity index (χ3v) is 8.34. The first kappa shape index (κ1) is 24.3. The minimum absolute atomic E-state index is 0.0350. The molecule has 0 spiro atoms. The Bertz CT molecular complexity index is 767. The van der Waals surface area contributed by atoms with Gasteiger partial charge in [0.1, 0.15) is 0 Å². The van der Waals surface area contributed by atoms with E-state index in [2.05, 4.69) is 48.5 Å². The van der Waals surface area contributed by atoms with Crippen LogP contribution in [0.25, 0.3) is 0 Å². The maximum absolute atomic E-state index is 13.1. The van der Waals surface area contributed by atoms with Gasteiger partial charge in [-0.25, -0.2) is 4.79 Å². The van der Waals surface area contributed by atoms with Gasteiger partial charge >= 0.3 is 6.03 Å². The van der Waals surface area contributed by atoms with Crippen molar-refractivity contribution in [3.05, 3.63) is 35.6 Å². The molecule has 2 amide bonds. The van der Waals surface area contributed by atoms with E-state index in [1.807, 2.05) is 11.0 Å². The normalized spacial score (nSPS) is 26.1. The molecule has 6 nitrogen and oxygen atoms in total. The number of carbonyl (C=O) groups excluding carboxylic acids is 1. The van der Waals surface area contributed by atoms with Crippen molar-refractivity contribution < 1.29 is 9.53 Å². The summed E-state index contributed by atoms with van der Waals surface area (Å²) in [6.07, 6.45) is 11.4. The minimum Gasteiger partial charge on any atom is -0.379 e. The topological polar surface area (TPSA) is 48.1 Å². The van der Waals surface area contributed by atoms with E-state index in [1.165, 1.54) is 42.5 Å². The lowest BCUT2D eigenvalue weighted by molar-refractivity contribution is 0.00367. The van der Waals surface area contributed by atoms with Crippen molar-refractivity contribution in [1.82, 2.24) is 20.0 Å². The van der Waals surface area contributed by atoms with Crippen LogP contribution in [-0.2, 0) is 4.74 Å². The second kappa shape index (κ2) is 10.6. The van der Waals surface area contributed by atoms with Gasteiger partial charge in [0, 0.05) is 62.5 Å². The molecule has 4 rings (SSSR count). The number of morpholine rings is 1. The number of likely N-dealkylation sites (tertiary alicyclic amines) is 1. The van der Waals surface area contributed by atoms with Gasteiger partial charge in [-0.1, -0.05) is 38.8 Å². The molecule has 6 heteroatoms. The maximum atomic E-state index is 13.1. The van der Waals surface area contributed by atoms with Gasteiger partial charge in [0.2, 0.25) is 0 Å². The van der Waals surface area contributed by atoms with Gasteiger partial charge in [-0.05, 0) is 50.3 Å². The Morgan fingerprint density at radius 2 is 1.73 bits per heavy atom. The molecular weight excluding hydrogens is 412 g/mol. The summed E-state index contributed by atoms with van der Waals surface area (Å²) in [5, 5.41) is 3.29. The van der Waals surface area contributed by atoms with Crippen molar-refractivity contribution in [2.24, 2.45) is 5.41 Å². The largest absolute Gasteiger partial charge is 0.379 e. The average molecular weight is 457 g/mol. The number of carbonyl (C=O) groups is 1. The first-order valence-electron chi connectivity index (χ1n) is 13.0. The van der Waals surface area contributed by atoms with E-state index >= 15 is 0 Å². The molecule has 3 fully saturated rings. The minimum atomic E-state index is -0.0350. The van der Waals surface area contributed by atoms with Gasteiger partial charge in [0.15, 0.2) is 0 Å². The first-order valence-corrected chi connectivity index (χ1v) is 13.0. The number of hydrogen-bond donors (Lipinski definition) is 1. The molecule has 0 radical (unpaired) electrons. The smallest absolute Gasteiger partial charge is 0.317 e. The molecule has 0 aromatic rings. The predicted molar refractivity (Wildman–Crippen MR) is 134 cm³/mol. The number of ether oxygens (including phenoxy) is 1. The summed E-state index contributed by atoms with van der Waals surface area (Å²) in [7, 11) is 0. The van der Waals surface area contributed by atoms with Gasteiger partial charge in [-0.15, -0.1) is 0 Å². The van der Waals surface area contributed by atoms with Crippen molar-refractivity contribution in [3.8, 4) is 0 Å². The number of hydrogen-bond acceptors (Lipinski definition) is 4. The zero-order valence-electron chi connectivity index (χ0n) is 21.1. The standard InChI is InChI=1S/C27H44N4O2/c1-5-24(29-12-10-25(11-13-29)30-14-16-33-17-15-30)18-22-19-31(20-27(3,4)21(22)2)26(32)28-23-8-6-7-9-23/h5,18,23,25H,1,6-17,19-20H2,2-4H3,(H,28,32)/b24-18+. The van der Waals surface area contributed by atoms with E-state index in [0.29, 0.717) is 18.6 Å². The van der Waals surface area contributed by atoms with Gasteiger partial charge in [0.25, 0.3) is 0 Å². The first-order chi connectivity index (χ1) is 15.9. The molecule has 1 N–H and O–H groups in total. The molecule has 0 unspecified atom stereocenters. The molecule has 1 aliphatic carbocycles. The number of urea groups is 1. The summed E-state index contributed by atoms with van der Waals surface area (Å²) < 4.78 is 5.53. The van der Waals surface area contributed by atoms with E-state index in [-0.39, 0.29) is 11.4 Å². The second-order valence-electron chi connectivity index (χ2n) is 11.0. The van der Waals surface area contributed by atoms with Gasteiger partial charge in [0.05, 0.1) is 13.2 Å². The summed E-state index contributed by atoms with van der Waals surface area (Å²) in [4.78, 5) is 20.2. The molecule has 4 aliphatic rings. The van der Waals surface area contributed by atoms with E-state index < -0.39 is 0 Å². The van der Waals surface area contributed by atoms with Crippen LogP contribution in [0.5, 0.6) is 0 Å². The van der Waals surface area contributed by atoms with Crippen molar-refractivity contribution in [2.75, 3.05) is 52.5 Å². The SMILES string of the molecule is C=C/C(=C\C1=C(C)C(C)(C)CN(C(=O)NC2CCCC2)C1)N1CCC(N2CCOCC2)CC1. The van der Waals surface area contributed by atoms with Crippen LogP contribution >= 0.6 is 0 Å². The van der Waals surface area contributed by atoms with Crippen LogP contribution in [0, 0.1) is 5.41 Å². The molecule has 0 atom stereocenters. The van der Waals surface area contributed by atoms with Crippen molar-refractivity contribution >= 4 is 6.03 Å². The number of rotatable bonds is 5. The molecule has 1 saturated carbocycles. The maximum Gasteiger partial charge on any atom is 0.317 e. The molecular formula is C27H44N4O2. The van der Waals surface area contributed by atoms with Gasteiger partial charge in [-0.3, -0.25) is 4.90 Å². The summed E-state index contributed by atoms with van der Waals surface area (Å²) in [5.41, 5.74) is 3.80. The molecule has 3 aliphatic heterocycles. The Kier molecular flexibility index (Phi) is 7.85. The summed E-state index contributed by atoms with van der Waals surface area (Å²) in [6, 6.07) is 1.11. The van der Waals surface area contributed by atoms with E-state index in [1.54, 1.807) is 0 Å². The second-order valence-corrected chi connectivity index (χ2v) is 11.0. The zero-order valence-corrected chi connectivity index (χ0v) is 21.1. The highest BCUT2D eigenvalue weighted by Crippen LogP contribution is 2.35. The van der Waals surface area contributed by atoms with Gasteiger partial charge < -0.3 is 19.9 Å². The highest BCUT2D eigenvalue weighted by molar-refractivity contribution is 5.75. The zero-order chi connectivity index (χ0) is 23.4. The Labute approximate surface area is 200 Å². The van der Waals surface area contributed by atoms with Crippen LogP contribution in [0.4, 0.5) is 4.79 Å². The Morgan fingerprint density at radius 3 is 2.36 bits per heavy atom. The van der Waals surface area contributed by atoms with Crippen LogP contribution < -0.4 is 5.32 Å². The van der Waals surface area contributed by atoms with Crippen molar-refractivity contribution in [3.63, 3.8) is 0 Å². The quantitative estimate of drug-likeness (QED) is 0.631. The van der Waals surface area contributed by atoms with E-state index in [0.717, 1.165) is 58.8 Å². The molecule has 184 valence electrons. The summed E-state index contributed by atoms with van der Waals surface area (Å²) in [5.74, 6) is 0. The fraction of sp³-hybridized carbons (Fsp3) is 0.741. The van der Waals surface area contributed by atoms with E-state index in [9.17, 15) is 4.79 Å². The summed E-state index contributed by atoms with van der Waals surface area (Å²) in [6.45, 7) is 18.3. The molecule has 3 heterocycles. The van der Waals surface area contributed by atoms with Crippen molar-refractivity contribution in [1.29, 1.82) is 0 Å². The highest BCUT2D eigenvalue weighted by Gasteiger charge is 2.34. The van der Waals surface area contributed by atoms with Crippen LogP contribution in [0.1, 0.15) is 59.3 Å². The van der Waals surface area contributed by atoms with E-state index in [4.69, 9.17) is 4.74 Å². The number of nitrogens with one attached hydrogen (secondary N) is 1. The third kappa shape index (κ3) is 5.83. The number of nitrogens with zero attached hydrogens (tertiary/aromatic N) is 3. The molecule has 0 bridgehead atoms. The lowest BCUT2D eigenvalue weighted by Gasteiger charge is -2.42. The highest BCUT2D eigenvalue weighted by atomic mass is 16.5. The monoisotopic (exact) mass is 456 g/mol. The fourth-order valence-electron chi connectivity index (χ4n) is 5.93.